The van der Waals surface area contributed by atoms with Crippen molar-refractivity contribution in [2.75, 3.05) is 6.54 Å². The fourth-order valence-corrected chi connectivity index (χ4v) is 4.13. The SMILES string of the molecule is O=C(CN1C(=O)NC2CCCCC2C1=O)NCc1ccc(OCc2ccccc2)cc1. The highest BCUT2D eigenvalue weighted by Crippen LogP contribution is 2.29. The number of ether oxygens (including phenoxy) is 1. The minimum Gasteiger partial charge on any atom is -0.489 e. The topological polar surface area (TPSA) is 87.7 Å². The summed E-state index contributed by atoms with van der Waals surface area (Å²) in [5.41, 5.74) is 2.00. The van der Waals surface area contributed by atoms with Crippen molar-refractivity contribution in [1.82, 2.24) is 15.5 Å². The molecule has 1 heterocycles. The van der Waals surface area contributed by atoms with Gasteiger partial charge in [0.1, 0.15) is 18.9 Å². The Morgan fingerprint density at radius 1 is 1.00 bits per heavy atom. The van der Waals surface area contributed by atoms with E-state index in [1.54, 1.807) is 0 Å². The predicted molar refractivity (Wildman–Crippen MR) is 115 cm³/mol. The number of nitrogens with one attached hydrogen (secondary N) is 2. The molecule has 2 fully saturated rings. The van der Waals surface area contributed by atoms with E-state index in [0.717, 1.165) is 47.5 Å². The van der Waals surface area contributed by atoms with Gasteiger partial charge >= 0.3 is 6.03 Å². The summed E-state index contributed by atoms with van der Waals surface area (Å²) < 4.78 is 5.76. The van der Waals surface area contributed by atoms with Crippen LogP contribution in [0.25, 0.3) is 0 Å². The van der Waals surface area contributed by atoms with E-state index in [4.69, 9.17) is 4.74 Å². The average molecular weight is 421 g/mol. The van der Waals surface area contributed by atoms with Gasteiger partial charge in [0.2, 0.25) is 11.8 Å². The van der Waals surface area contributed by atoms with Gasteiger partial charge in [-0.25, -0.2) is 4.79 Å². The lowest BCUT2D eigenvalue weighted by molar-refractivity contribution is -0.139. The van der Waals surface area contributed by atoms with Crippen molar-refractivity contribution >= 4 is 17.8 Å². The second kappa shape index (κ2) is 9.64. The van der Waals surface area contributed by atoms with Crippen molar-refractivity contribution in [2.24, 2.45) is 5.92 Å². The third-order valence-electron chi connectivity index (χ3n) is 5.87. The Bertz CT molecular complexity index is 930. The molecule has 2 atom stereocenters. The summed E-state index contributed by atoms with van der Waals surface area (Å²) >= 11 is 0. The van der Waals surface area contributed by atoms with Crippen LogP contribution in [0.5, 0.6) is 5.75 Å². The van der Waals surface area contributed by atoms with E-state index in [1.807, 2.05) is 54.6 Å². The summed E-state index contributed by atoms with van der Waals surface area (Å²) in [5.74, 6) is -0.0510. The van der Waals surface area contributed by atoms with Crippen molar-refractivity contribution in [3.63, 3.8) is 0 Å². The molecule has 31 heavy (non-hydrogen) atoms. The molecule has 1 aliphatic carbocycles. The Balaban J connectivity index is 1.25. The van der Waals surface area contributed by atoms with E-state index < -0.39 is 6.03 Å². The second-order valence-corrected chi connectivity index (χ2v) is 8.07. The molecule has 7 nitrogen and oxygen atoms in total. The molecular formula is C24H27N3O4. The fourth-order valence-electron chi connectivity index (χ4n) is 4.13. The lowest BCUT2D eigenvalue weighted by atomic mass is 9.82. The Labute approximate surface area is 181 Å². The number of nitrogens with zero attached hydrogens (tertiary/aromatic N) is 1. The van der Waals surface area contributed by atoms with E-state index in [1.165, 1.54) is 0 Å². The summed E-state index contributed by atoms with van der Waals surface area (Å²) in [5, 5.41) is 5.66. The molecule has 2 N–H and O–H groups in total. The summed E-state index contributed by atoms with van der Waals surface area (Å²) in [6, 6.07) is 16.8. The molecule has 1 aliphatic heterocycles. The maximum Gasteiger partial charge on any atom is 0.324 e. The van der Waals surface area contributed by atoms with Crippen LogP contribution in [0.3, 0.4) is 0 Å². The fraction of sp³-hybridized carbons (Fsp3) is 0.375. The van der Waals surface area contributed by atoms with Crippen LogP contribution in [0, 0.1) is 5.92 Å². The molecule has 1 saturated heterocycles. The standard InChI is InChI=1S/C24H27N3O4/c28-22(15-27-23(29)20-8-4-5-9-21(20)26-24(27)30)25-14-17-10-12-19(13-11-17)31-16-18-6-2-1-3-7-18/h1-3,6-7,10-13,20-21H,4-5,8-9,14-16H2,(H,25,28)(H,26,30). The van der Waals surface area contributed by atoms with Crippen molar-refractivity contribution in [2.45, 2.75) is 44.9 Å². The number of urea groups is 1. The molecule has 0 spiro atoms. The number of hydrogen-bond donors (Lipinski definition) is 2. The molecule has 2 aliphatic rings. The highest BCUT2D eigenvalue weighted by molar-refractivity contribution is 6.01. The molecule has 1 saturated carbocycles. The van der Waals surface area contributed by atoms with Crippen LogP contribution < -0.4 is 15.4 Å². The third kappa shape index (κ3) is 5.23. The van der Waals surface area contributed by atoms with E-state index in [2.05, 4.69) is 10.6 Å². The van der Waals surface area contributed by atoms with E-state index >= 15 is 0 Å². The number of amides is 4. The lowest BCUT2D eigenvalue weighted by Gasteiger charge is -2.39. The number of imide groups is 1. The quantitative estimate of drug-likeness (QED) is 0.720. The molecule has 2 aromatic carbocycles. The lowest BCUT2D eigenvalue weighted by Crippen LogP contribution is -2.62. The zero-order valence-corrected chi connectivity index (χ0v) is 17.4. The van der Waals surface area contributed by atoms with Crippen molar-refractivity contribution in [3.8, 4) is 5.75 Å². The molecular weight excluding hydrogens is 394 g/mol. The number of benzene rings is 2. The van der Waals surface area contributed by atoms with Crippen LogP contribution in [-0.2, 0) is 22.7 Å². The highest BCUT2D eigenvalue weighted by Gasteiger charge is 2.42. The highest BCUT2D eigenvalue weighted by atomic mass is 16.5. The van der Waals surface area contributed by atoms with E-state index in [-0.39, 0.29) is 30.3 Å². The van der Waals surface area contributed by atoms with Gasteiger partial charge in [-0.05, 0) is 36.1 Å². The van der Waals surface area contributed by atoms with Crippen LogP contribution in [0.15, 0.2) is 54.6 Å². The number of carbonyl (C=O) groups is 3. The Hall–Kier alpha value is -3.35. The van der Waals surface area contributed by atoms with Gasteiger partial charge in [-0.2, -0.15) is 0 Å². The van der Waals surface area contributed by atoms with Gasteiger partial charge in [0.15, 0.2) is 0 Å². The van der Waals surface area contributed by atoms with Crippen molar-refractivity contribution in [1.29, 1.82) is 0 Å². The summed E-state index contributed by atoms with van der Waals surface area (Å²) in [6.07, 6.45) is 3.59. The van der Waals surface area contributed by atoms with Crippen LogP contribution >= 0.6 is 0 Å². The van der Waals surface area contributed by atoms with Crippen LogP contribution in [0.1, 0.15) is 36.8 Å². The van der Waals surface area contributed by atoms with Crippen LogP contribution in [-0.4, -0.2) is 35.3 Å². The van der Waals surface area contributed by atoms with Crippen LogP contribution in [0.4, 0.5) is 4.79 Å². The van der Waals surface area contributed by atoms with E-state index in [0.29, 0.717) is 13.2 Å². The molecule has 0 bridgehead atoms. The minimum atomic E-state index is -0.469. The predicted octanol–water partition coefficient (Wildman–Crippen LogP) is 2.99. The maximum atomic E-state index is 12.7. The van der Waals surface area contributed by atoms with Crippen molar-refractivity contribution in [3.05, 3.63) is 65.7 Å². The summed E-state index contributed by atoms with van der Waals surface area (Å²) in [7, 11) is 0. The molecule has 0 radical (unpaired) electrons. The smallest absolute Gasteiger partial charge is 0.324 e. The number of hydrogen-bond acceptors (Lipinski definition) is 4. The van der Waals surface area contributed by atoms with Crippen LogP contribution in [0.2, 0.25) is 0 Å². The Morgan fingerprint density at radius 2 is 1.74 bits per heavy atom. The van der Waals surface area contributed by atoms with Gasteiger partial charge in [0.05, 0.1) is 5.92 Å². The van der Waals surface area contributed by atoms with Gasteiger partial charge in [-0.15, -0.1) is 0 Å². The maximum absolute atomic E-state index is 12.7. The first-order chi connectivity index (χ1) is 15.1. The molecule has 162 valence electrons. The normalized spacial score (nSPS) is 20.6. The monoisotopic (exact) mass is 421 g/mol. The molecule has 4 rings (SSSR count). The second-order valence-electron chi connectivity index (χ2n) is 8.07. The zero-order valence-electron chi connectivity index (χ0n) is 17.4. The first-order valence-corrected chi connectivity index (χ1v) is 10.7. The molecule has 7 heteroatoms. The molecule has 2 unspecified atom stereocenters. The van der Waals surface area contributed by atoms with Gasteiger partial charge in [-0.3, -0.25) is 14.5 Å². The number of rotatable bonds is 7. The van der Waals surface area contributed by atoms with Gasteiger partial charge < -0.3 is 15.4 Å². The first kappa shape index (κ1) is 20.9. The zero-order chi connectivity index (χ0) is 21.6. The molecule has 2 aromatic rings. The summed E-state index contributed by atoms with van der Waals surface area (Å²) in [6.45, 7) is 0.546. The average Bonchev–Trinajstić information content (AvgIpc) is 2.80. The molecule has 0 aromatic heterocycles. The van der Waals surface area contributed by atoms with Gasteiger partial charge in [0.25, 0.3) is 0 Å². The van der Waals surface area contributed by atoms with Gasteiger partial charge in [-0.1, -0.05) is 55.3 Å². The van der Waals surface area contributed by atoms with Crippen molar-refractivity contribution < 1.29 is 19.1 Å². The number of fused-ring (bicyclic) bond motifs is 1. The summed E-state index contributed by atoms with van der Waals surface area (Å²) in [4.78, 5) is 38.3. The van der Waals surface area contributed by atoms with E-state index in [9.17, 15) is 14.4 Å². The first-order valence-electron chi connectivity index (χ1n) is 10.7. The Kier molecular flexibility index (Phi) is 6.50. The minimum absolute atomic E-state index is 0.0873. The van der Waals surface area contributed by atoms with Gasteiger partial charge in [0, 0.05) is 12.6 Å². The molecule has 4 amide bonds. The Morgan fingerprint density at radius 3 is 2.52 bits per heavy atom. The largest absolute Gasteiger partial charge is 0.489 e. The number of carbonyl (C=O) groups excluding carboxylic acids is 3. The third-order valence-corrected chi connectivity index (χ3v) is 5.87.